The van der Waals surface area contributed by atoms with Crippen LogP contribution in [0.4, 0.5) is 4.39 Å². The quantitative estimate of drug-likeness (QED) is 0.182. The van der Waals surface area contributed by atoms with E-state index in [2.05, 4.69) is 0 Å². The number of carbonyl (C=O) groups is 1. The molecule has 2 aromatic heterocycles. The number of fused-ring (bicyclic) bond motifs is 2. The maximum absolute atomic E-state index is 15.7. The van der Waals surface area contributed by atoms with Crippen molar-refractivity contribution in [3.8, 4) is 34.0 Å². The fraction of sp³-hybridized carbons (Fsp3) is 0.306. The van der Waals surface area contributed by atoms with Gasteiger partial charge >= 0.3 is 5.97 Å². The number of aryl methyl sites for hydroxylation is 1. The normalized spacial score (nSPS) is 13.7. The highest BCUT2D eigenvalue weighted by Gasteiger charge is 2.34. The first kappa shape index (κ1) is 31.5. The van der Waals surface area contributed by atoms with Crippen LogP contribution in [-0.4, -0.2) is 37.9 Å². The van der Waals surface area contributed by atoms with E-state index in [1.807, 2.05) is 61.5 Å². The minimum Gasteiger partial charge on any atom is -0.490 e. The fourth-order valence-electron chi connectivity index (χ4n) is 5.83. The Kier molecular flexibility index (Phi) is 8.48. The molecule has 5 aromatic rings. The third-order valence-electron chi connectivity index (χ3n) is 7.93. The molecule has 8 nitrogen and oxygen atoms in total. The monoisotopic (exact) mass is 643 g/mol. The second-order valence-electron chi connectivity index (χ2n) is 12.4. The van der Waals surface area contributed by atoms with Gasteiger partial charge in [0.1, 0.15) is 12.4 Å². The first-order valence-corrected chi connectivity index (χ1v) is 15.5. The molecule has 46 heavy (non-hydrogen) atoms. The summed E-state index contributed by atoms with van der Waals surface area (Å²) in [5, 5.41) is 16.0. The Hall–Kier alpha value is -4.47. The molecule has 1 atom stereocenters. The van der Waals surface area contributed by atoms with E-state index < -0.39 is 23.5 Å². The van der Waals surface area contributed by atoms with Crippen LogP contribution in [0.25, 0.3) is 28.2 Å². The molecular weight excluding hydrogens is 609 g/mol. The van der Waals surface area contributed by atoms with Gasteiger partial charge in [-0.05, 0) is 88.9 Å². The minimum absolute atomic E-state index is 0.244. The predicted molar refractivity (Wildman–Crippen MR) is 174 cm³/mol. The summed E-state index contributed by atoms with van der Waals surface area (Å²) in [6.07, 6.45) is 0.00304. The number of hydrogen-bond donors (Lipinski definition) is 1. The first-order chi connectivity index (χ1) is 21.9. The van der Waals surface area contributed by atoms with Crippen molar-refractivity contribution < 1.29 is 28.5 Å². The standard InChI is InChI=1S/C36H35ClFN3O5/c1-20-26-10-7-15-44-33(26)28(38)17-27(20)32-31(34(35(42)43)46-36(3,4)5)21(2)39-30-18-29(40-41(30)32)23-8-6-9-25(16-23)45-19-22-11-13-24(37)14-12-22/h6,8-9,11-14,16-18,34H,7,10,15,19H2,1-5H3,(H,42,43). The van der Waals surface area contributed by atoms with Gasteiger partial charge < -0.3 is 19.3 Å². The van der Waals surface area contributed by atoms with Crippen LogP contribution in [-0.2, 0) is 22.6 Å². The first-order valence-electron chi connectivity index (χ1n) is 15.1. The van der Waals surface area contributed by atoms with Crippen molar-refractivity contribution in [1.82, 2.24) is 14.6 Å². The summed E-state index contributed by atoms with van der Waals surface area (Å²) in [7, 11) is 0. The number of halogens is 2. The molecule has 1 aliphatic heterocycles. The summed E-state index contributed by atoms with van der Waals surface area (Å²) in [5.74, 6) is -0.803. The van der Waals surface area contributed by atoms with E-state index in [0.717, 1.165) is 28.7 Å². The molecule has 238 valence electrons. The van der Waals surface area contributed by atoms with Gasteiger partial charge in [-0.1, -0.05) is 35.9 Å². The lowest BCUT2D eigenvalue weighted by Gasteiger charge is -2.28. The number of benzene rings is 3. The average Bonchev–Trinajstić information content (AvgIpc) is 3.44. The van der Waals surface area contributed by atoms with E-state index in [1.165, 1.54) is 6.07 Å². The number of nitrogens with zero attached hydrogens (tertiary/aromatic N) is 3. The number of aromatic nitrogens is 3. The maximum Gasteiger partial charge on any atom is 0.337 e. The highest BCUT2D eigenvalue weighted by atomic mass is 35.5. The number of rotatable bonds is 8. The van der Waals surface area contributed by atoms with E-state index in [-0.39, 0.29) is 5.75 Å². The molecule has 0 saturated heterocycles. The molecule has 0 bridgehead atoms. The van der Waals surface area contributed by atoms with Gasteiger partial charge in [-0.2, -0.15) is 5.10 Å². The van der Waals surface area contributed by atoms with Gasteiger partial charge in [-0.15, -0.1) is 0 Å². The molecule has 0 spiro atoms. The van der Waals surface area contributed by atoms with Crippen LogP contribution >= 0.6 is 11.6 Å². The second-order valence-corrected chi connectivity index (χ2v) is 12.9. The molecule has 1 aliphatic rings. The van der Waals surface area contributed by atoms with Gasteiger partial charge in [0.15, 0.2) is 23.3 Å². The fourth-order valence-corrected chi connectivity index (χ4v) is 5.96. The summed E-state index contributed by atoms with van der Waals surface area (Å²) in [6, 6.07) is 18.2. The van der Waals surface area contributed by atoms with Gasteiger partial charge in [0.25, 0.3) is 0 Å². The Morgan fingerprint density at radius 3 is 2.61 bits per heavy atom. The second kappa shape index (κ2) is 12.4. The zero-order chi connectivity index (χ0) is 32.7. The number of aliphatic carboxylic acids is 1. The largest absolute Gasteiger partial charge is 0.490 e. The predicted octanol–water partition coefficient (Wildman–Crippen LogP) is 8.32. The van der Waals surface area contributed by atoms with Crippen LogP contribution in [0.3, 0.4) is 0 Å². The summed E-state index contributed by atoms with van der Waals surface area (Å²) in [4.78, 5) is 17.6. The molecule has 0 amide bonds. The Balaban J connectivity index is 1.52. The molecule has 3 heterocycles. The molecule has 0 fully saturated rings. The van der Waals surface area contributed by atoms with Gasteiger partial charge in [0.05, 0.1) is 23.6 Å². The summed E-state index contributed by atoms with van der Waals surface area (Å²) in [6.45, 7) is 9.82. The van der Waals surface area contributed by atoms with E-state index in [4.69, 9.17) is 35.9 Å². The minimum atomic E-state index is -1.39. The number of carboxylic acids is 1. The lowest BCUT2D eigenvalue weighted by atomic mass is 9.91. The number of hydrogen-bond acceptors (Lipinski definition) is 6. The van der Waals surface area contributed by atoms with Crippen LogP contribution in [0, 0.1) is 19.7 Å². The average molecular weight is 644 g/mol. The molecule has 0 radical (unpaired) electrons. The zero-order valence-corrected chi connectivity index (χ0v) is 27.1. The van der Waals surface area contributed by atoms with Gasteiger partial charge in [0, 0.05) is 39.0 Å². The van der Waals surface area contributed by atoms with E-state index in [9.17, 15) is 9.90 Å². The van der Waals surface area contributed by atoms with Crippen molar-refractivity contribution in [3.63, 3.8) is 0 Å². The van der Waals surface area contributed by atoms with Crippen molar-refractivity contribution in [2.75, 3.05) is 6.61 Å². The van der Waals surface area contributed by atoms with Gasteiger partial charge in [0.2, 0.25) is 0 Å². The van der Waals surface area contributed by atoms with E-state index in [0.29, 0.717) is 64.3 Å². The third kappa shape index (κ3) is 6.30. The van der Waals surface area contributed by atoms with E-state index >= 15 is 4.39 Å². The Morgan fingerprint density at radius 2 is 1.89 bits per heavy atom. The molecule has 1 unspecified atom stereocenters. The third-order valence-corrected chi connectivity index (χ3v) is 8.18. The van der Waals surface area contributed by atoms with Crippen LogP contribution in [0.2, 0.25) is 5.02 Å². The smallest absolute Gasteiger partial charge is 0.337 e. The Bertz CT molecular complexity index is 1950. The van der Waals surface area contributed by atoms with Crippen LogP contribution in [0.1, 0.15) is 61.2 Å². The topological polar surface area (TPSA) is 95.2 Å². The molecule has 0 aliphatic carbocycles. The zero-order valence-electron chi connectivity index (χ0n) is 26.4. The van der Waals surface area contributed by atoms with Gasteiger partial charge in [-0.25, -0.2) is 18.7 Å². The molecule has 10 heteroatoms. The van der Waals surface area contributed by atoms with E-state index in [1.54, 1.807) is 32.2 Å². The molecular formula is C36H35ClFN3O5. The molecule has 6 rings (SSSR count). The van der Waals surface area contributed by atoms with Crippen LogP contribution in [0.5, 0.6) is 11.5 Å². The maximum atomic E-state index is 15.7. The molecule has 0 saturated carbocycles. The Labute approximate surface area is 271 Å². The lowest BCUT2D eigenvalue weighted by Crippen LogP contribution is -2.29. The van der Waals surface area contributed by atoms with Crippen molar-refractivity contribution in [3.05, 3.63) is 99.5 Å². The highest BCUT2D eigenvalue weighted by molar-refractivity contribution is 6.30. The van der Waals surface area contributed by atoms with Gasteiger partial charge in [-0.3, -0.25) is 0 Å². The van der Waals surface area contributed by atoms with Crippen molar-refractivity contribution >= 4 is 23.2 Å². The summed E-state index contributed by atoms with van der Waals surface area (Å²) in [5.41, 5.74) is 5.23. The van der Waals surface area contributed by atoms with Crippen LogP contribution in [0.15, 0.2) is 60.7 Å². The number of ether oxygens (including phenoxy) is 3. The SMILES string of the molecule is Cc1nc2cc(-c3cccc(OCc4ccc(Cl)cc4)c3)nn2c(-c2cc(F)c3c(c2C)CCCO3)c1C(OC(C)(C)C)C(=O)O. The van der Waals surface area contributed by atoms with Crippen LogP contribution < -0.4 is 9.47 Å². The highest BCUT2D eigenvalue weighted by Crippen LogP contribution is 2.42. The van der Waals surface area contributed by atoms with Crippen molar-refractivity contribution in [1.29, 1.82) is 0 Å². The summed E-state index contributed by atoms with van der Waals surface area (Å²) < 4.78 is 35.1. The molecule has 3 aromatic carbocycles. The lowest BCUT2D eigenvalue weighted by molar-refractivity contribution is -0.160. The summed E-state index contributed by atoms with van der Waals surface area (Å²) >= 11 is 6.01. The van der Waals surface area contributed by atoms with Crippen molar-refractivity contribution in [2.24, 2.45) is 0 Å². The molecule has 1 N–H and O–H groups in total. The Morgan fingerprint density at radius 1 is 1.13 bits per heavy atom. The number of carboxylic acid groups (broad SMARTS) is 1. The van der Waals surface area contributed by atoms with Crippen molar-refractivity contribution in [2.45, 2.75) is 65.8 Å².